The van der Waals surface area contributed by atoms with Crippen LogP contribution in [0.5, 0.6) is 0 Å². The molecule has 3 rings (SSSR count). The highest BCUT2D eigenvalue weighted by Crippen LogP contribution is 2.19. The number of halogens is 1. The summed E-state index contributed by atoms with van der Waals surface area (Å²) >= 11 is 0. The zero-order valence-corrected chi connectivity index (χ0v) is 14.0. The van der Waals surface area contributed by atoms with Crippen molar-refractivity contribution in [3.05, 3.63) is 77.7 Å². The minimum Gasteiger partial charge on any atom is -0.390 e. The number of oxime groups is 1. The van der Waals surface area contributed by atoms with Crippen LogP contribution >= 0.6 is 0 Å². The van der Waals surface area contributed by atoms with E-state index in [4.69, 9.17) is 4.84 Å². The molecule has 0 N–H and O–H groups in total. The van der Waals surface area contributed by atoms with Gasteiger partial charge in [0, 0.05) is 22.7 Å². The van der Waals surface area contributed by atoms with Gasteiger partial charge >= 0.3 is 0 Å². The molecule has 0 fully saturated rings. The molecule has 0 aliphatic heterocycles. The third kappa shape index (κ3) is 3.77. The van der Waals surface area contributed by atoms with Crippen LogP contribution in [0.25, 0.3) is 10.9 Å². The molecule has 1 aromatic heterocycles. The van der Waals surface area contributed by atoms with Crippen LogP contribution in [0, 0.1) is 5.82 Å². The molecule has 0 amide bonds. The van der Waals surface area contributed by atoms with Gasteiger partial charge in [-0.1, -0.05) is 35.5 Å². The lowest BCUT2D eigenvalue weighted by atomic mass is 10.0. The van der Waals surface area contributed by atoms with Gasteiger partial charge < -0.3 is 4.84 Å². The third-order valence-corrected chi connectivity index (χ3v) is 3.37. The highest BCUT2D eigenvalue weighted by Gasteiger charge is 2.15. The lowest BCUT2D eigenvalue weighted by Gasteiger charge is -2.17. The number of nitrogens with zero attached hydrogens (tertiary/aromatic N) is 2. The van der Waals surface area contributed by atoms with E-state index < -0.39 is 5.60 Å². The Balaban J connectivity index is 2.12. The van der Waals surface area contributed by atoms with Crippen molar-refractivity contribution in [2.45, 2.75) is 26.4 Å². The first kappa shape index (κ1) is 16.1. The summed E-state index contributed by atoms with van der Waals surface area (Å²) in [5.41, 5.74) is 2.45. The van der Waals surface area contributed by atoms with Crippen LogP contribution in [0.15, 0.2) is 65.9 Å². The van der Waals surface area contributed by atoms with E-state index in [1.54, 1.807) is 12.3 Å². The van der Waals surface area contributed by atoms with Gasteiger partial charge in [0.1, 0.15) is 17.1 Å². The van der Waals surface area contributed by atoms with Crippen LogP contribution in [-0.2, 0) is 4.84 Å². The summed E-state index contributed by atoms with van der Waals surface area (Å²) in [7, 11) is 0. The zero-order chi connectivity index (χ0) is 17.2. The van der Waals surface area contributed by atoms with Crippen LogP contribution in [0.3, 0.4) is 0 Å². The van der Waals surface area contributed by atoms with Crippen molar-refractivity contribution in [1.29, 1.82) is 0 Å². The van der Waals surface area contributed by atoms with Crippen molar-refractivity contribution in [1.82, 2.24) is 4.98 Å². The van der Waals surface area contributed by atoms with Gasteiger partial charge in [0.15, 0.2) is 0 Å². The smallest absolute Gasteiger partial charge is 0.129 e. The largest absolute Gasteiger partial charge is 0.390 e. The molecule has 0 bridgehead atoms. The van der Waals surface area contributed by atoms with Crippen LogP contribution in [0.1, 0.15) is 31.9 Å². The molecule has 0 saturated carbocycles. The van der Waals surface area contributed by atoms with Crippen LogP contribution in [-0.4, -0.2) is 16.3 Å². The SMILES string of the molecule is CC(C)(C)ON=C(c1cccc(F)c1)c1cnc2ccccc2c1. The molecule has 0 radical (unpaired) electrons. The van der Waals surface area contributed by atoms with Gasteiger partial charge in [0.25, 0.3) is 0 Å². The van der Waals surface area contributed by atoms with E-state index in [1.165, 1.54) is 12.1 Å². The first-order chi connectivity index (χ1) is 11.4. The van der Waals surface area contributed by atoms with Crippen molar-refractivity contribution < 1.29 is 9.23 Å². The zero-order valence-electron chi connectivity index (χ0n) is 14.0. The minimum absolute atomic E-state index is 0.315. The first-order valence-electron chi connectivity index (χ1n) is 7.80. The van der Waals surface area contributed by atoms with E-state index in [1.807, 2.05) is 57.2 Å². The van der Waals surface area contributed by atoms with Crippen LogP contribution in [0.4, 0.5) is 4.39 Å². The average molecular weight is 322 g/mol. The van der Waals surface area contributed by atoms with Gasteiger partial charge in [-0.05, 0) is 45.0 Å². The fourth-order valence-corrected chi connectivity index (χ4v) is 2.29. The number of hydrogen-bond acceptors (Lipinski definition) is 3. The number of rotatable bonds is 3. The molecule has 0 spiro atoms. The van der Waals surface area contributed by atoms with Crippen molar-refractivity contribution in [3.63, 3.8) is 0 Å². The lowest BCUT2D eigenvalue weighted by molar-refractivity contribution is 0.00117. The Kier molecular flexibility index (Phi) is 4.30. The molecule has 122 valence electrons. The normalized spacial score (nSPS) is 12.4. The minimum atomic E-state index is -0.442. The number of para-hydroxylation sites is 1. The maximum absolute atomic E-state index is 13.7. The van der Waals surface area contributed by atoms with E-state index in [0.717, 1.165) is 16.5 Å². The predicted molar refractivity (Wildman–Crippen MR) is 94.6 cm³/mol. The van der Waals surface area contributed by atoms with Crippen LogP contribution in [0.2, 0.25) is 0 Å². The fraction of sp³-hybridized carbons (Fsp3) is 0.200. The topological polar surface area (TPSA) is 34.5 Å². The monoisotopic (exact) mass is 322 g/mol. The fourth-order valence-electron chi connectivity index (χ4n) is 2.29. The Bertz CT molecular complexity index is 897. The Hall–Kier alpha value is -2.75. The number of aromatic nitrogens is 1. The number of benzene rings is 2. The summed E-state index contributed by atoms with van der Waals surface area (Å²) in [6.45, 7) is 5.75. The Labute approximate surface area is 140 Å². The molecule has 0 saturated heterocycles. The molecule has 0 unspecified atom stereocenters. The van der Waals surface area contributed by atoms with Gasteiger partial charge in [-0.3, -0.25) is 4.98 Å². The number of hydrogen-bond donors (Lipinski definition) is 0. The summed E-state index contributed by atoms with van der Waals surface area (Å²) in [6.07, 6.45) is 1.73. The van der Waals surface area contributed by atoms with Crippen molar-refractivity contribution >= 4 is 16.6 Å². The molecule has 0 aliphatic carbocycles. The van der Waals surface area contributed by atoms with Crippen molar-refractivity contribution in [3.8, 4) is 0 Å². The van der Waals surface area contributed by atoms with Gasteiger partial charge in [-0.2, -0.15) is 0 Å². The summed E-state index contributed by atoms with van der Waals surface area (Å²) in [5, 5.41) is 5.29. The second kappa shape index (κ2) is 6.40. The maximum atomic E-state index is 13.7. The van der Waals surface area contributed by atoms with E-state index in [2.05, 4.69) is 10.1 Å². The molecular weight excluding hydrogens is 303 g/mol. The number of pyridine rings is 1. The molecule has 3 aromatic rings. The molecule has 3 nitrogen and oxygen atoms in total. The molecule has 0 aliphatic rings. The summed E-state index contributed by atoms with van der Waals surface area (Å²) in [6, 6.07) is 16.1. The Morgan fingerprint density at radius 1 is 1.00 bits per heavy atom. The standard InChI is InChI=1S/C20H19FN2O/c1-20(2,3)24-23-19(15-8-6-9-17(21)12-15)16-11-14-7-4-5-10-18(14)22-13-16/h4-13H,1-3H3. The summed E-state index contributed by atoms with van der Waals surface area (Å²) in [4.78, 5) is 10.1. The summed E-state index contributed by atoms with van der Waals surface area (Å²) < 4.78 is 13.7. The van der Waals surface area contributed by atoms with E-state index >= 15 is 0 Å². The van der Waals surface area contributed by atoms with E-state index in [-0.39, 0.29) is 5.82 Å². The Morgan fingerprint density at radius 2 is 1.79 bits per heavy atom. The third-order valence-electron chi connectivity index (χ3n) is 3.37. The highest BCUT2D eigenvalue weighted by atomic mass is 19.1. The summed E-state index contributed by atoms with van der Waals surface area (Å²) in [5.74, 6) is -0.315. The van der Waals surface area contributed by atoms with E-state index in [9.17, 15) is 4.39 Å². The van der Waals surface area contributed by atoms with Crippen LogP contribution < -0.4 is 0 Å². The predicted octanol–water partition coefficient (Wildman–Crippen LogP) is 4.94. The van der Waals surface area contributed by atoms with Gasteiger partial charge in [-0.15, -0.1) is 0 Å². The maximum Gasteiger partial charge on any atom is 0.129 e. The molecule has 24 heavy (non-hydrogen) atoms. The quantitative estimate of drug-likeness (QED) is 0.505. The molecule has 0 atom stereocenters. The molecule has 2 aromatic carbocycles. The van der Waals surface area contributed by atoms with E-state index in [0.29, 0.717) is 11.3 Å². The van der Waals surface area contributed by atoms with Gasteiger partial charge in [0.05, 0.1) is 5.52 Å². The molecular formula is C20H19FN2O. The van der Waals surface area contributed by atoms with Crippen molar-refractivity contribution in [2.24, 2.45) is 5.16 Å². The van der Waals surface area contributed by atoms with Crippen molar-refractivity contribution in [2.75, 3.05) is 0 Å². The molecule has 1 heterocycles. The van der Waals surface area contributed by atoms with Gasteiger partial charge in [0.2, 0.25) is 0 Å². The average Bonchev–Trinajstić information content (AvgIpc) is 2.54. The highest BCUT2D eigenvalue weighted by molar-refractivity contribution is 6.13. The van der Waals surface area contributed by atoms with Gasteiger partial charge in [-0.25, -0.2) is 4.39 Å². The first-order valence-corrected chi connectivity index (χ1v) is 7.80. The second-order valence-electron chi connectivity index (χ2n) is 6.57. The lowest BCUT2D eigenvalue weighted by Crippen LogP contribution is -2.17. The molecule has 4 heteroatoms. The second-order valence-corrected chi connectivity index (χ2v) is 6.57. The Morgan fingerprint density at radius 3 is 2.54 bits per heavy atom. The number of fused-ring (bicyclic) bond motifs is 1.